The molecule has 2 nitrogen and oxygen atoms in total. The van der Waals surface area contributed by atoms with E-state index >= 15 is 0 Å². The molecule has 1 heterocycles. The summed E-state index contributed by atoms with van der Waals surface area (Å²) in [5.41, 5.74) is 5.00. The summed E-state index contributed by atoms with van der Waals surface area (Å²) in [6, 6.07) is 3.68. The molecule has 0 aliphatic carbocycles. The smallest absolute Gasteiger partial charge is 0.127 e. The zero-order chi connectivity index (χ0) is 9.73. The van der Waals surface area contributed by atoms with E-state index in [1.807, 2.05) is 19.1 Å². The molecule has 1 atom stereocenters. The van der Waals surface area contributed by atoms with Crippen molar-refractivity contribution >= 4 is 0 Å². The largest absolute Gasteiger partial charge is 0.328 e. The van der Waals surface area contributed by atoms with Crippen LogP contribution in [-0.4, -0.2) is 17.2 Å². The third kappa shape index (κ3) is 2.77. The van der Waals surface area contributed by atoms with E-state index in [-0.39, 0.29) is 6.54 Å². The van der Waals surface area contributed by atoms with Crippen LogP contribution >= 0.6 is 0 Å². The molecule has 2 N–H and O–H groups in total. The molecule has 0 fully saturated rings. The average Bonchev–Trinajstić information content (AvgIpc) is 2.19. The van der Waals surface area contributed by atoms with Gasteiger partial charge in [0, 0.05) is 25.4 Å². The van der Waals surface area contributed by atoms with Crippen LogP contribution in [0.25, 0.3) is 0 Å². The summed E-state index contributed by atoms with van der Waals surface area (Å²) in [5, 5.41) is 0. The standard InChI is InChI=1S/C10H15FN2/c1-2-10(11,8-12)6-9-4-3-5-13-7-9/h3-5,7H,2,6,8,12H2,1H3. The Balaban J connectivity index is 2.68. The number of nitrogens with zero attached hydrogens (tertiary/aromatic N) is 1. The van der Waals surface area contributed by atoms with E-state index in [4.69, 9.17) is 5.73 Å². The molecular formula is C10H15FN2. The number of rotatable bonds is 4. The van der Waals surface area contributed by atoms with Gasteiger partial charge in [-0.1, -0.05) is 13.0 Å². The average molecular weight is 182 g/mol. The number of hydrogen-bond donors (Lipinski definition) is 1. The van der Waals surface area contributed by atoms with Gasteiger partial charge in [-0.3, -0.25) is 4.98 Å². The van der Waals surface area contributed by atoms with Crippen molar-refractivity contribution < 1.29 is 4.39 Å². The maximum absolute atomic E-state index is 13.8. The Labute approximate surface area is 78.0 Å². The lowest BCUT2D eigenvalue weighted by atomic mass is 9.95. The summed E-state index contributed by atoms with van der Waals surface area (Å²) in [7, 11) is 0. The van der Waals surface area contributed by atoms with Crippen molar-refractivity contribution in [2.75, 3.05) is 6.54 Å². The number of hydrogen-bond acceptors (Lipinski definition) is 2. The molecule has 0 amide bonds. The molecule has 0 radical (unpaired) electrons. The maximum Gasteiger partial charge on any atom is 0.127 e. The quantitative estimate of drug-likeness (QED) is 0.769. The third-order valence-electron chi connectivity index (χ3n) is 2.24. The predicted octanol–water partition coefficient (Wildman–Crippen LogP) is 1.70. The van der Waals surface area contributed by atoms with E-state index in [0.29, 0.717) is 12.8 Å². The highest BCUT2D eigenvalue weighted by atomic mass is 19.1. The fraction of sp³-hybridized carbons (Fsp3) is 0.500. The molecule has 1 rings (SSSR count). The summed E-state index contributed by atoms with van der Waals surface area (Å²) in [6.45, 7) is 1.88. The molecule has 1 aromatic heterocycles. The van der Waals surface area contributed by atoms with Crippen LogP contribution in [0.2, 0.25) is 0 Å². The van der Waals surface area contributed by atoms with Crippen LogP contribution < -0.4 is 5.73 Å². The van der Waals surface area contributed by atoms with Gasteiger partial charge in [-0.15, -0.1) is 0 Å². The van der Waals surface area contributed by atoms with Gasteiger partial charge in [-0.25, -0.2) is 4.39 Å². The van der Waals surface area contributed by atoms with Gasteiger partial charge in [-0.2, -0.15) is 0 Å². The maximum atomic E-state index is 13.8. The van der Waals surface area contributed by atoms with Crippen LogP contribution in [0.15, 0.2) is 24.5 Å². The highest BCUT2D eigenvalue weighted by Gasteiger charge is 2.25. The van der Waals surface area contributed by atoms with Gasteiger partial charge < -0.3 is 5.73 Å². The summed E-state index contributed by atoms with van der Waals surface area (Å²) in [5.74, 6) is 0. The van der Waals surface area contributed by atoms with Crippen molar-refractivity contribution in [2.45, 2.75) is 25.4 Å². The topological polar surface area (TPSA) is 38.9 Å². The lowest BCUT2D eigenvalue weighted by Crippen LogP contribution is -2.34. The Morgan fingerprint density at radius 2 is 2.38 bits per heavy atom. The summed E-state index contributed by atoms with van der Waals surface area (Å²) in [4.78, 5) is 3.93. The van der Waals surface area contributed by atoms with Gasteiger partial charge in [0.15, 0.2) is 0 Å². The monoisotopic (exact) mass is 182 g/mol. The Morgan fingerprint density at radius 3 is 2.85 bits per heavy atom. The molecule has 0 aliphatic rings. The minimum absolute atomic E-state index is 0.0679. The van der Waals surface area contributed by atoms with Crippen LogP contribution in [0, 0.1) is 0 Å². The molecule has 0 aromatic carbocycles. The van der Waals surface area contributed by atoms with Gasteiger partial charge >= 0.3 is 0 Å². The first-order valence-corrected chi connectivity index (χ1v) is 4.48. The number of nitrogens with two attached hydrogens (primary N) is 1. The van der Waals surface area contributed by atoms with E-state index in [1.165, 1.54) is 0 Å². The molecule has 1 unspecified atom stereocenters. The van der Waals surface area contributed by atoms with E-state index < -0.39 is 5.67 Å². The van der Waals surface area contributed by atoms with Gasteiger partial charge in [-0.05, 0) is 18.1 Å². The second-order valence-electron chi connectivity index (χ2n) is 3.25. The van der Waals surface area contributed by atoms with Crippen molar-refractivity contribution in [1.29, 1.82) is 0 Å². The second kappa shape index (κ2) is 4.33. The molecule has 13 heavy (non-hydrogen) atoms. The molecular weight excluding hydrogens is 167 g/mol. The van der Waals surface area contributed by atoms with Crippen molar-refractivity contribution in [2.24, 2.45) is 5.73 Å². The lowest BCUT2D eigenvalue weighted by Gasteiger charge is -2.21. The van der Waals surface area contributed by atoms with Crippen LogP contribution in [-0.2, 0) is 6.42 Å². The SMILES string of the molecule is CCC(F)(CN)Cc1cccnc1. The molecule has 3 heteroatoms. The van der Waals surface area contributed by atoms with Crippen LogP contribution in [0.3, 0.4) is 0 Å². The van der Waals surface area contributed by atoms with Crippen molar-refractivity contribution in [1.82, 2.24) is 4.98 Å². The first-order valence-electron chi connectivity index (χ1n) is 4.48. The van der Waals surface area contributed by atoms with Crippen LogP contribution in [0.5, 0.6) is 0 Å². The van der Waals surface area contributed by atoms with E-state index in [2.05, 4.69) is 4.98 Å². The number of alkyl halides is 1. The van der Waals surface area contributed by atoms with E-state index in [0.717, 1.165) is 5.56 Å². The van der Waals surface area contributed by atoms with Gasteiger partial charge in [0.2, 0.25) is 0 Å². The Bertz CT molecular complexity index is 244. The highest BCUT2D eigenvalue weighted by molar-refractivity contribution is 5.12. The predicted molar refractivity (Wildman–Crippen MR) is 51.1 cm³/mol. The van der Waals surface area contributed by atoms with E-state index in [1.54, 1.807) is 12.4 Å². The first kappa shape index (κ1) is 10.1. The number of halogens is 1. The number of pyridine rings is 1. The second-order valence-corrected chi connectivity index (χ2v) is 3.25. The minimum atomic E-state index is -1.27. The zero-order valence-corrected chi connectivity index (χ0v) is 7.83. The summed E-state index contributed by atoms with van der Waals surface area (Å²) < 4.78 is 13.8. The molecule has 0 bridgehead atoms. The fourth-order valence-corrected chi connectivity index (χ4v) is 1.21. The van der Waals surface area contributed by atoms with Gasteiger partial charge in [0.05, 0.1) is 0 Å². The van der Waals surface area contributed by atoms with Crippen LogP contribution in [0.1, 0.15) is 18.9 Å². The molecule has 1 aromatic rings. The summed E-state index contributed by atoms with van der Waals surface area (Å²) in [6.07, 6.45) is 4.16. The Hall–Kier alpha value is -0.960. The van der Waals surface area contributed by atoms with Gasteiger partial charge in [0.25, 0.3) is 0 Å². The minimum Gasteiger partial charge on any atom is -0.328 e. The lowest BCUT2D eigenvalue weighted by molar-refractivity contribution is 0.167. The molecule has 72 valence electrons. The fourth-order valence-electron chi connectivity index (χ4n) is 1.21. The molecule has 0 saturated carbocycles. The zero-order valence-electron chi connectivity index (χ0n) is 7.83. The van der Waals surface area contributed by atoms with Crippen molar-refractivity contribution in [3.63, 3.8) is 0 Å². The van der Waals surface area contributed by atoms with Crippen LogP contribution in [0.4, 0.5) is 4.39 Å². The Kier molecular flexibility index (Phi) is 3.37. The molecule has 0 saturated heterocycles. The van der Waals surface area contributed by atoms with E-state index in [9.17, 15) is 4.39 Å². The molecule has 0 aliphatic heterocycles. The first-order chi connectivity index (χ1) is 6.20. The highest BCUT2D eigenvalue weighted by Crippen LogP contribution is 2.19. The van der Waals surface area contributed by atoms with Crippen molar-refractivity contribution in [3.8, 4) is 0 Å². The van der Waals surface area contributed by atoms with Gasteiger partial charge in [0.1, 0.15) is 5.67 Å². The number of aromatic nitrogens is 1. The van der Waals surface area contributed by atoms with Crippen molar-refractivity contribution in [3.05, 3.63) is 30.1 Å². The molecule has 0 spiro atoms. The normalized spacial score (nSPS) is 15.3. The summed E-state index contributed by atoms with van der Waals surface area (Å²) >= 11 is 0. The Morgan fingerprint density at radius 1 is 1.62 bits per heavy atom. The third-order valence-corrected chi connectivity index (χ3v) is 2.24.